The zero-order valence-corrected chi connectivity index (χ0v) is 9.71. The molecule has 1 aromatic rings. The van der Waals surface area contributed by atoms with Crippen LogP contribution in [0.5, 0.6) is 0 Å². The molecule has 0 saturated heterocycles. The van der Waals surface area contributed by atoms with E-state index in [1.807, 2.05) is 6.92 Å². The largest absolute Gasteiger partial charge is 0.445 e. The number of rotatable bonds is 6. The van der Waals surface area contributed by atoms with Crippen molar-refractivity contribution in [2.45, 2.75) is 33.7 Å². The summed E-state index contributed by atoms with van der Waals surface area (Å²) in [5.41, 5.74) is -0.0539. The van der Waals surface area contributed by atoms with E-state index < -0.39 is 0 Å². The fourth-order valence-electron chi connectivity index (χ4n) is 1.25. The van der Waals surface area contributed by atoms with Crippen LogP contribution < -0.4 is 5.32 Å². The summed E-state index contributed by atoms with van der Waals surface area (Å²) in [6.45, 7) is 7.58. The lowest BCUT2D eigenvalue weighted by molar-refractivity contribution is 0.134. The molecule has 2 N–H and O–H groups in total. The van der Waals surface area contributed by atoms with Crippen LogP contribution in [-0.2, 0) is 6.54 Å². The Hall–Kier alpha value is -0.870. The van der Waals surface area contributed by atoms with Gasteiger partial charge >= 0.3 is 0 Å². The van der Waals surface area contributed by atoms with Crippen molar-refractivity contribution in [2.24, 2.45) is 5.41 Å². The van der Waals surface area contributed by atoms with Crippen molar-refractivity contribution in [1.82, 2.24) is 10.3 Å². The van der Waals surface area contributed by atoms with Crippen LogP contribution in [0.15, 0.2) is 10.6 Å². The molecular weight excluding hydrogens is 192 g/mol. The van der Waals surface area contributed by atoms with E-state index in [1.165, 1.54) is 0 Å². The third kappa shape index (κ3) is 3.64. The minimum absolute atomic E-state index is 0.0539. The van der Waals surface area contributed by atoms with Crippen molar-refractivity contribution < 1.29 is 9.52 Å². The van der Waals surface area contributed by atoms with Crippen LogP contribution in [0.4, 0.5) is 0 Å². The van der Waals surface area contributed by atoms with Gasteiger partial charge in [0.05, 0.1) is 12.7 Å². The third-order valence-corrected chi connectivity index (χ3v) is 2.73. The van der Waals surface area contributed by atoms with E-state index in [2.05, 4.69) is 24.1 Å². The molecule has 15 heavy (non-hydrogen) atoms. The van der Waals surface area contributed by atoms with E-state index >= 15 is 0 Å². The number of hydrogen-bond donors (Lipinski definition) is 2. The van der Waals surface area contributed by atoms with Crippen LogP contribution in [-0.4, -0.2) is 23.2 Å². The lowest BCUT2D eigenvalue weighted by Crippen LogP contribution is -2.34. The third-order valence-electron chi connectivity index (χ3n) is 2.73. The van der Waals surface area contributed by atoms with Crippen molar-refractivity contribution >= 4 is 0 Å². The number of aromatic nitrogens is 1. The van der Waals surface area contributed by atoms with Gasteiger partial charge in [0.25, 0.3) is 0 Å². The molecule has 1 unspecified atom stereocenters. The van der Waals surface area contributed by atoms with Gasteiger partial charge in [-0.25, -0.2) is 4.98 Å². The van der Waals surface area contributed by atoms with Crippen LogP contribution in [0.3, 0.4) is 0 Å². The molecule has 1 heterocycles. The van der Waals surface area contributed by atoms with Gasteiger partial charge in [-0.1, -0.05) is 13.8 Å². The number of nitrogens with zero attached hydrogens (tertiary/aromatic N) is 1. The van der Waals surface area contributed by atoms with Crippen molar-refractivity contribution in [1.29, 1.82) is 0 Å². The first-order chi connectivity index (χ1) is 7.09. The minimum atomic E-state index is -0.0539. The Morgan fingerprint density at radius 1 is 1.60 bits per heavy atom. The Morgan fingerprint density at radius 3 is 2.80 bits per heavy atom. The van der Waals surface area contributed by atoms with Crippen LogP contribution in [0.1, 0.15) is 31.9 Å². The summed E-state index contributed by atoms with van der Waals surface area (Å²) < 4.78 is 5.33. The van der Waals surface area contributed by atoms with Crippen LogP contribution >= 0.6 is 0 Å². The molecule has 4 nitrogen and oxygen atoms in total. The lowest BCUT2D eigenvalue weighted by Gasteiger charge is -2.25. The molecule has 0 saturated carbocycles. The molecule has 1 aromatic heterocycles. The van der Waals surface area contributed by atoms with Crippen molar-refractivity contribution in [3.8, 4) is 0 Å². The van der Waals surface area contributed by atoms with E-state index in [1.54, 1.807) is 6.20 Å². The maximum Gasteiger partial charge on any atom is 0.208 e. The van der Waals surface area contributed by atoms with Gasteiger partial charge in [-0.15, -0.1) is 0 Å². The molecule has 1 rings (SSSR count). The first kappa shape index (κ1) is 12.2. The van der Waals surface area contributed by atoms with Gasteiger partial charge < -0.3 is 14.8 Å². The Labute approximate surface area is 90.7 Å². The molecule has 0 aliphatic heterocycles. The second-order valence-corrected chi connectivity index (χ2v) is 4.29. The number of nitrogens with one attached hydrogen (secondary N) is 1. The highest BCUT2D eigenvalue weighted by molar-refractivity contribution is 4.90. The lowest BCUT2D eigenvalue weighted by atomic mass is 9.89. The molecule has 0 fully saturated rings. The number of hydrogen-bond acceptors (Lipinski definition) is 4. The van der Waals surface area contributed by atoms with Crippen LogP contribution in [0.25, 0.3) is 0 Å². The maximum atomic E-state index is 9.21. The second kappa shape index (κ2) is 5.28. The predicted molar refractivity (Wildman–Crippen MR) is 58.4 cm³/mol. The number of oxazole rings is 1. The second-order valence-electron chi connectivity index (χ2n) is 4.29. The predicted octanol–water partition coefficient (Wildman–Crippen LogP) is 1.48. The molecule has 4 heteroatoms. The number of aliphatic hydroxyl groups excluding tert-OH is 1. The van der Waals surface area contributed by atoms with Gasteiger partial charge in [0.15, 0.2) is 0 Å². The summed E-state index contributed by atoms with van der Waals surface area (Å²) in [5, 5.41) is 12.4. The molecule has 0 spiro atoms. The van der Waals surface area contributed by atoms with Gasteiger partial charge in [-0.05, 0) is 13.3 Å². The van der Waals surface area contributed by atoms with E-state index in [0.29, 0.717) is 12.4 Å². The molecular formula is C11H20N2O2. The Kier molecular flexibility index (Phi) is 4.29. The molecule has 0 bridgehead atoms. The normalized spacial score (nSPS) is 15.2. The summed E-state index contributed by atoms with van der Waals surface area (Å²) in [5.74, 6) is 1.52. The Balaban J connectivity index is 2.32. The van der Waals surface area contributed by atoms with Gasteiger partial charge in [0.1, 0.15) is 5.76 Å². The van der Waals surface area contributed by atoms with Crippen molar-refractivity contribution in [3.05, 3.63) is 17.8 Å². The summed E-state index contributed by atoms with van der Waals surface area (Å²) in [7, 11) is 0. The fourth-order valence-corrected chi connectivity index (χ4v) is 1.25. The first-order valence-corrected chi connectivity index (χ1v) is 5.32. The zero-order chi connectivity index (χ0) is 11.3. The molecule has 0 aliphatic rings. The smallest absolute Gasteiger partial charge is 0.208 e. The molecule has 0 amide bonds. The highest BCUT2D eigenvalue weighted by Crippen LogP contribution is 2.18. The van der Waals surface area contributed by atoms with Crippen LogP contribution in [0, 0.1) is 12.3 Å². The fraction of sp³-hybridized carbons (Fsp3) is 0.727. The van der Waals surface area contributed by atoms with Gasteiger partial charge in [-0.2, -0.15) is 0 Å². The highest BCUT2D eigenvalue weighted by atomic mass is 16.4. The summed E-state index contributed by atoms with van der Waals surface area (Å²) in [6, 6.07) is 0. The molecule has 0 aliphatic carbocycles. The van der Waals surface area contributed by atoms with Gasteiger partial charge in [0.2, 0.25) is 5.89 Å². The van der Waals surface area contributed by atoms with Gasteiger partial charge in [0, 0.05) is 18.6 Å². The minimum Gasteiger partial charge on any atom is -0.445 e. The summed E-state index contributed by atoms with van der Waals surface area (Å²) >= 11 is 0. The van der Waals surface area contributed by atoms with Crippen molar-refractivity contribution in [3.63, 3.8) is 0 Å². The number of aryl methyl sites for hydroxylation is 1. The van der Waals surface area contributed by atoms with Gasteiger partial charge in [-0.3, -0.25) is 0 Å². The summed E-state index contributed by atoms with van der Waals surface area (Å²) in [4.78, 5) is 4.10. The quantitative estimate of drug-likeness (QED) is 0.750. The average molecular weight is 212 g/mol. The van der Waals surface area contributed by atoms with E-state index in [9.17, 15) is 5.11 Å². The Morgan fingerprint density at radius 2 is 2.33 bits per heavy atom. The topological polar surface area (TPSA) is 58.3 Å². The molecule has 0 radical (unpaired) electrons. The maximum absolute atomic E-state index is 9.21. The molecule has 1 atom stereocenters. The highest BCUT2D eigenvalue weighted by Gasteiger charge is 2.20. The monoisotopic (exact) mass is 212 g/mol. The van der Waals surface area contributed by atoms with Crippen LogP contribution in [0.2, 0.25) is 0 Å². The summed E-state index contributed by atoms with van der Waals surface area (Å²) in [6.07, 6.45) is 2.66. The average Bonchev–Trinajstić information content (AvgIpc) is 2.64. The molecule has 0 aromatic carbocycles. The van der Waals surface area contributed by atoms with Crippen molar-refractivity contribution in [2.75, 3.05) is 13.2 Å². The molecule has 86 valence electrons. The van der Waals surface area contributed by atoms with E-state index in [0.717, 1.165) is 18.7 Å². The van der Waals surface area contributed by atoms with E-state index in [-0.39, 0.29) is 12.0 Å². The SMILES string of the molecule is CCC(C)(CO)CNCc1ncc(C)o1. The standard InChI is InChI=1S/C11H20N2O2/c1-4-11(3,8-14)7-12-6-10-13-5-9(2)15-10/h5,12,14H,4,6-8H2,1-3H3. The number of aliphatic hydroxyl groups is 1. The Bertz CT molecular complexity index is 293. The first-order valence-electron chi connectivity index (χ1n) is 5.32. The zero-order valence-electron chi connectivity index (χ0n) is 9.71. The van der Waals surface area contributed by atoms with E-state index in [4.69, 9.17) is 4.42 Å².